The Morgan fingerprint density at radius 3 is 3.00 bits per heavy atom. The van der Waals surface area contributed by atoms with Gasteiger partial charge in [-0.3, -0.25) is 9.69 Å². The van der Waals surface area contributed by atoms with Gasteiger partial charge in [-0.15, -0.1) is 17.9 Å². The van der Waals surface area contributed by atoms with Gasteiger partial charge in [-0.25, -0.2) is 4.98 Å². The fraction of sp³-hybridized carbons (Fsp3) is 0.571. The lowest BCUT2D eigenvalue weighted by molar-refractivity contribution is -0.122. The van der Waals surface area contributed by atoms with Crippen molar-refractivity contribution >= 4 is 22.4 Å². The van der Waals surface area contributed by atoms with Gasteiger partial charge in [0.15, 0.2) is 5.13 Å². The van der Waals surface area contributed by atoms with Crippen LogP contribution in [-0.4, -0.2) is 30.6 Å². The molecule has 1 aliphatic carbocycles. The topological polar surface area (TPSA) is 42.4 Å². The second-order valence-corrected chi connectivity index (χ2v) is 5.57. The van der Waals surface area contributed by atoms with Crippen LogP contribution < -0.4 is 4.90 Å². The summed E-state index contributed by atoms with van der Waals surface area (Å²) in [6.45, 7) is 6.73. The van der Waals surface area contributed by atoms with E-state index < -0.39 is 0 Å². The highest BCUT2D eigenvalue weighted by atomic mass is 32.1. The number of nitrogens with zero attached hydrogens (tertiary/aromatic N) is 2. The molecule has 0 radical (unpaired) electrons. The molecule has 4 nitrogen and oxygen atoms in total. The van der Waals surface area contributed by atoms with E-state index >= 15 is 0 Å². The minimum Gasteiger partial charge on any atom is -0.372 e. The molecule has 0 spiro atoms. The number of aromatic nitrogens is 1. The van der Waals surface area contributed by atoms with E-state index in [0.717, 1.165) is 18.0 Å². The van der Waals surface area contributed by atoms with Crippen LogP contribution in [0.1, 0.15) is 30.3 Å². The van der Waals surface area contributed by atoms with Crippen molar-refractivity contribution in [1.29, 1.82) is 0 Å². The second kappa shape index (κ2) is 6.82. The summed E-state index contributed by atoms with van der Waals surface area (Å²) in [5, 5.41) is 0.788. The molecule has 0 aliphatic heterocycles. The molecule has 0 fully saturated rings. The third-order valence-corrected chi connectivity index (χ3v) is 4.29. The van der Waals surface area contributed by atoms with Crippen molar-refractivity contribution in [1.82, 2.24) is 4.98 Å². The van der Waals surface area contributed by atoms with Gasteiger partial charge in [0.1, 0.15) is 6.61 Å². The Morgan fingerprint density at radius 1 is 1.53 bits per heavy atom. The molecule has 1 aliphatic rings. The number of rotatable bonds is 6. The lowest BCUT2D eigenvalue weighted by Crippen LogP contribution is -2.34. The first-order valence-corrected chi connectivity index (χ1v) is 7.55. The quantitative estimate of drug-likeness (QED) is 0.752. The van der Waals surface area contributed by atoms with Crippen LogP contribution in [0.15, 0.2) is 12.7 Å². The van der Waals surface area contributed by atoms with Gasteiger partial charge in [-0.1, -0.05) is 6.08 Å². The number of amides is 1. The molecule has 0 aromatic carbocycles. The van der Waals surface area contributed by atoms with E-state index in [1.165, 1.54) is 23.4 Å². The normalized spacial score (nSPS) is 13.9. The van der Waals surface area contributed by atoms with Crippen LogP contribution >= 0.6 is 11.3 Å². The Kier molecular flexibility index (Phi) is 5.10. The maximum Gasteiger partial charge on any atom is 0.255 e. The Bertz CT molecular complexity index is 433. The van der Waals surface area contributed by atoms with Gasteiger partial charge in [0.2, 0.25) is 0 Å². The molecule has 0 atom stereocenters. The highest BCUT2D eigenvalue weighted by molar-refractivity contribution is 7.16. The van der Waals surface area contributed by atoms with Crippen LogP contribution in [0.5, 0.6) is 0 Å². The van der Waals surface area contributed by atoms with E-state index in [4.69, 9.17) is 4.74 Å². The predicted molar refractivity (Wildman–Crippen MR) is 77.8 cm³/mol. The zero-order valence-electron chi connectivity index (χ0n) is 11.4. The van der Waals surface area contributed by atoms with Gasteiger partial charge in [-0.05, 0) is 32.6 Å². The molecule has 19 heavy (non-hydrogen) atoms. The average molecular weight is 280 g/mol. The number of hydrogen-bond acceptors (Lipinski definition) is 4. The van der Waals surface area contributed by atoms with Crippen molar-refractivity contribution in [2.75, 3.05) is 24.7 Å². The lowest BCUT2D eigenvalue weighted by atomic mass is 10.0. The maximum atomic E-state index is 12.1. The third kappa shape index (κ3) is 3.42. The van der Waals surface area contributed by atoms with E-state index in [2.05, 4.69) is 11.6 Å². The van der Waals surface area contributed by atoms with Crippen LogP contribution in [-0.2, 0) is 22.4 Å². The summed E-state index contributed by atoms with van der Waals surface area (Å²) in [5.74, 6) is -0.0483. The summed E-state index contributed by atoms with van der Waals surface area (Å²) in [6, 6.07) is 0. The highest BCUT2D eigenvalue weighted by Crippen LogP contribution is 2.31. The standard InChI is InChI=1S/C14H20N2O2S/c1-3-9-16(13(17)10-18-4-2)14-15-11-7-5-6-8-12(11)19-14/h3H,1,4-10H2,2H3. The molecule has 1 heterocycles. The Labute approximate surface area is 118 Å². The van der Waals surface area contributed by atoms with E-state index in [1.807, 2.05) is 6.92 Å². The maximum absolute atomic E-state index is 12.1. The van der Waals surface area contributed by atoms with Gasteiger partial charge >= 0.3 is 0 Å². The van der Waals surface area contributed by atoms with Crippen molar-refractivity contribution < 1.29 is 9.53 Å². The second-order valence-electron chi connectivity index (χ2n) is 4.50. The van der Waals surface area contributed by atoms with Gasteiger partial charge in [0.05, 0.1) is 5.69 Å². The summed E-state index contributed by atoms with van der Waals surface area (Å²) in [6.07, 6.45) is 6.28. The number of aryl methyl sites for hydroxylation is 2. The summed E-state index contributed by atoms with van der Waals surface area (Å²) in [7, 11) is 0. The summed E-state index contributed by atoms with van der Waals surface area (Å²) in [4.78, 5) is 19.7. The largest absolute Gasteiger partial charge is 0.372 e. The molecule has 104 valence electrons. The summed E-state index contributed by atoms with van der Waals surface area (Å²) in [5.41, 5.74) is 1.17. The van der Waals surface area contributed by atoms with Gasteiger partial charge in [0, 0.05) is 18.0 Å². The number of carbonyl (C=O) groups is 1. The molecule has 0 saturated carbocycles. The zero-order valence-corrected chi connectivity index (χ0v) is 12.2. The lowest BCUT2D eigenvalue weighted by Gasteiger charge is -2.17. The van der Waals surface area contributed by atoms with Crippen molar-refractivity contribution in [2.45, 2.75) is 32.6 Å². The van der Waals surface area contributed by atoms with E-state index in [-0.39, 0.29) is 12.5 Å². The molecule has 0 N–H and O–H groups in total. The van der Waals surface area contributed by atoms with Crippen molar-refractivity contribution in [2.24, 2.45) is 0 Å². The molecule has 1 amide bonds. The zero-order chi connectivity index (χ0) is 13.7. The number of hydrogen-bond donors (Lipinski definition) is 0. The molecule has 0 bridgehead atoms. The number of ether oxygens (including phenoxy) is 1. The molecule has 0 saturated heterocycles. The van der Waals surface area contributed by atoms with Gasteiger partial charge < -0.3 is 4.74 Å². The van der Waals surface area contributed by atoms with Crippen LogP contribution in [0.2, 0.25) is 0 Å². The van der Waals surface area contributed by atoms with E-state index in [0.29, 0.717) is 13.2 Å². The Hall–Kier alpha value is -1.20. The van der Waals surface area contributed by atoms with Gasteiger partial charge in [0.25, 0.3) is 5.91 Å². The van der Waals surface area contributed by atoms with Crippen LogP contribution in [0.3, 0.4) is 0 Å². The fourth-order valence-corrected chi connectivity index (χ4v) is 3.31. The fourth-order valence-electron chi connectivity index (χ4n) is 2.14. The van der Waals surface area contributed by atoms with Crippen LogP contribution in [0, 0.1) is 0 Å². The first-order chi connectivity index (χ1) is 9.26. The predicted octanol–water partition coefficient (Wildman–Crippen LogP) is 2.58. The third-order valence-electron chi connectivity index (χ3n) is 3.11. The molecular formula is C14H20N2O2S. The first-order valence-electron chi connectivity index (χ1n) is 6.73. The summed E-state index contributed by atoms with van der Waals surface area (Å²) < 4.78 is 5.20. The number of anilines is 1. The van der Waals surface area contributed by atoms with E-state index in [9.17, 15) is 4.79 Å². The van der Waals surface area contributed by atoms with Crippen LogP contribution in [0.25, 0.3) is 0 Å². The average Bonchev–Trinajstić information content (AvgIpc) is 2.85. The first kappa shape index (κ1) is 14.2. The van der Waals surface area contributed by atoms with E-state index in [1.54, 1.807) is 22.3 Å². The SMILES string of the molecule is C=CCN(C(=O)COCC)c1nc2c(s1)CCCC2. The van der Waals surface area contributed by atoms with Gasteiger partial charge in [-0.2, -0.15) is 0 Å². The molecule has 5 heteroatoms. The van der Waals surface area contributed by atoms with Crippen LogP contribution in [0.4, 0.5) is 5.13 Å². The molecular weight excluding hydrogens is 260 g/mol. The minimum atomic E-state index is -0.0483. The molecule has 1 aromatic heterocycles. The highest BCUT2D eigenvalue weighted by Gasteiger charge is 2.22. The Balaban J connectivity index is 2.15. The van der Waals surface area contributed by atoms with Crippen molar-refractivity contribution in [3.8, 4) is 0 Å². The number of carbonyl (C=O) groups excluding carboxylic acids is 1. The minimum absolute atomic E-state index is 0.0483. The number of thiazole rings is 1. The molecule has 2 rings (SSSR count). The summed E-state index contributed by atoms with van der Waals surface area (Å²) >= 11 is 1.64. The van der Waals surface area contributed by atoms with Crippen molar-refractivity contribution in [3.63, 3.8) is 0 Å². The van der Waals surface area contributed by atoms with Crippen molar-refractivity contribution in [3.05, 3.63) is 23.2 Å². The smallest absolute Gasteiger partial charge is 0.255 e. The number of fused-ring (bicyclic) bond motifs is 1. The Morgan fingerprint density at radius 2 is 2.32 bits per heavy atom. The molecule has 0 unspecified atom stereocenters. The monoisotopic (exact) mass is 280 g/mol. The molecule has 1 aromatic rings.